The van der Waals surface area contributed by atoms with E-state index in [1.807, 2.05) is 0 Å². The van der Waals surface area contributed by atoms with Crippen LogP contribution < -0.4 is 0 Å². The first-order chi connectivity index (χ1) is 6.50. The zero-order valence-corrected chi connectivity index (χ0v) is 9.71. The molecule has 2 nitrogen and oxygen atoms in total. The highest BCUT2D eigenvalue weighted by Gasteiger charge is 2.41. The highest BCUT2D eigenvalue weighted by atomic mass is 16.7. The average Bonchev–Trinajstić information content (AvgIpc) is 2.44. The van der Waals surface area contributed by atoms with Crippen molar-refractivity contribution < 1.29 is 4.84 Å². The van der Waals surface area contributed by atoms with Gasteiger partial charge in [-0.1, -0.05) is 6.08 Å². The first-order valence-electron chi connectivity index (χ1n) is 5.66. The molecule has 0 spiro atoms. The molecule has 2 atom stereocenters. The molecule has 0 radical (unpaired) electrons. The van der Waals surface area contributed by atoms with E-state index < -0.39 is 0 Å². The Balaban J connectivity index is 2.20. The van der Waals surface area contributed by atoms with E-state index in [4.69, 9.17) is 4.84 Å². The molecule has 1 aliphatic carbocycles. The summed E-state index contributed by atoms with van der Waals surface area (Å²) < 4.78 is 0. The van der Waals surface area contributed by atoms with Crippen LogP contribution in [0.25, 0.3) is 0 Å². The lowest BCUT2D eigenvalue weighted by Crippen LogP contribution is -2.42. The van der Waals surface area contributed by atoms with E-state index >= 15 is 0 Å². The third kappa shape index (κ3) is 1.61. The lowest BCUT2D eigenvalue weighted by Gasteiger charge is -2.33. The second kappa shape index (κ2) is 3.35. The number of fused-ring (bicyclic) bond motifs is 1. The Morgan fingerprint density at radius 3 is 2.71 bits per heavy atom. The summed E-state index contributed by atoms with van der Waals surface area (Å²) in [6.45, 7) is 8.88. The van der Waals surface area contributed by atoms with Crippen LogP contribution in [0.4, 0.5) is 0 Å². The molecule has 14 heavy (non-hydrogen) atoms. The highest BCUT2D eigenvalue weighted by molar-refractivity contribution is 5.21. The molecule has 2 aliphatic rings. The molecule has 0 N–H and O–H groups in total. The van der Waals surface area contributed by atoms with E-state index in [2.05, 4.69) is 38.8 Å². The van der Waals surface area contributed by atoms with Gasteiger partial charge < -0.3 is 0 Å². The van der Waals surface area contributed by atoms with E-state index in [9.17, 15) is 0 Å². The van der Waals surface area contributed by atoms with Gasteiger partial charge in [-0.15, -0.1) is 0 Å². The summed E-state index contributed by atoms with van der Waals surface area (Å²) in [6.07, 6.45) is 6.46. The fourth-order valence-corrected chi connectivity index (χ4v) is 2.53. The molecule has 0 aromatic carbocycles. The summed E-state index contributed by atoms with van der Waals surface area (Å²) in [4.78, 5) is 6.01. The molecule has 1 aliphatic heterocycles. The normalized spacial score (nSPS) is 34.1. The minimum Gasteiger partial charge on any atom is -0.290 e. The number of rotatable bonds is 0. The van der Waals surface area contributed by atoms with E-state index in [1.165, 1.54) is 24.8 Å². The molecule has 80 valence electrons. The summed E-state index contributed by atoms with van der Waals surface area (Å²) in [7, 11) is 0. The van der Waals surface area contributed by atoms with Crippen molar-refractivity contribution in [3.05, 3.63) is 11.6 Å². The third-order valence-electron chi connectivity index (χ3n) is 3.16. The summed E-state index contributed by atoms with van der Waals surface area (Å²) >= 11 is 0. The number of nitrogens with zero attached hydrogens (tertiary/aromatic N) is 1. The van der Waals surface area contributed by atoms with Crippen LogP contribution in [-0.4, -0.2) is 22.7 Å². The van der Waals surface area contributed by atoms with Crippen molar-refractivity contribution in [2.75, 3.05) is 0 Å². The van der Waals surface area contributed by atoms with Crippen molar-refractivity contribution in [3.63, 3.8) is 0 Å². The third-order valence-corrected chi connectivity index (χ3v) is 3.16. The Labute approximate surface area is 86.9 Å². The predicted molar refractivity (Wildman–Crippen MR) is 57.9 cm³/mol. The van der Waals surface area contributed by atoms with Gasteiger partial charge in [0.15, 0.2) is 0 Å². The quantitative estimate of drug-likeness (QED) is 0.551. The van der Waals surface area contributed by atoms with Gasteiger partial charge in [0.2, 0.25) is 0 Å². The first kappa shape index (κ1) is 10.2. The van der Waals surface area contributed by atoms with Crippen LogP contribution in [0.3, 0.4) is 0 Å². The maximum Gasteiger partial charge on any atom is 0.102 e. The Morgan fingerprint density at radius 1 is 1.43 bits per heavy atom. The summed E-state index contributed by atoms with van der Waals surface area (Å²) in [5, 5.41) is 2.16. The summed E-state index contributed by atoms with van der Waals surface area (Å²) in [5.74, 6) is 0. The molecule has 1 saturated heterocycles. The minimum absolute atomic E-state index is 0.109. The summed E-state index contributed by atoms with van der Waals surface area (Å²) in [6, 6.07) is 0.459. The molecular formula is C12H21NO. The van der Waals surface area contributed by atoms with Crippen LogP contribution in [0.5, 0.6) is 0 Å². The van der Waals surface area contributed by atoms with E-state index in [-0.39, 0.29) is 5.54 Å². The highest BCUT2D eigenvalue weighted by Crippen LogP contribution is 2.37. The Morgan fingerprint density at radius 2 is 2.14 bits per heavy atom. The van der Waals surface area contributed by atoms with Crippen molar-refractivity contribution in [2.24, 2.45) is 0 Å². The molecule has 1 heterocycles. The molecule has 2 heteroatoms. The maximum atomic E-state index is 6.01. The van der Waals surface area contributed by atoms with Gasteiger partial charge >= 0.3 is 0 Å². The van der Waals surface area contributed by atoms with Crippen LogP contribution >= 0.6 is 0 Å². The second-order valence-corrected chi connectivity index (χ2v) is 5.40. The molecule has 0 amide bonds. The van der Waals surface area contributed by atoms with Gasteiger partial charge in [-0.25, -0.2) is 0 Å². The second-order valence-electron chi connectivity index (χ2n) is 5.40. The zero-order chi connectivity index (χ0) is 10.3. The average molecular weight is 195 g/mol. The van der Waals surface area contributed by atoms with Gasteiger partial charge in [0.1, 0.15) is 6.10 Å². The number of allylic oxidation sites excluding steroid dienone is 1. The van der Waals surface area contributed by atoms with Crippen molar-refractivity contribution in [3.8, 4) is 0 Å². The van der Waals surface area contributed by atoms with Crippen molar-refractivity contribution in [1.82, 2.24) is 5.06 Å². The van der Waals surface area contributed by atoms with E-state index in [0.29, 0.717) is 12.1 Å². The van der Waals surface area contributed by atoms with E-state index in [1.54, 1.807) is 0 Å². The number of hydrogen-bond donors (Lipinski definition) is 0. The van der Waals surface area contributed by atoms with Crippen molar-refractivity contribution >= 4 is 0 Å². The standard InChI is InChI=1S/C12H21NO/c1-9-10-7-5-6-8-11(10)14-13(9)12(2,3)4/h7,9,11H,5-6,8H2,1-4H3/t9-,11-/m0/s1. The molecule has 0 saturated carbocycles. The monoisotopic (exact) mass is 195 g/mol. The Hall–Kier alpha value is -0.340. The van der Waals surface area contributed by atoms with Crippen LogP contribution in [-0.2, 0) is 4.84 Å². The maximum absolute atomic E-state index is 6.01. The zero-order valence-electron chi connectivity index (χ0n) is 9.71. The lowest BCUT2D eigenvalue weighted by molar-refractivity contribution is -0.210. The molecule has 2 rings (SSSR count). The smallest absolute Gasteiger partial charge is 0.102 e. The molecule has 1 fully saturated rings. The van der Waals surface area contributed by atoms with E-state index in [0.717, 1.165) is 0 Å². The van der Waals surface area contributed by atoms with Gasteiger partial charge in [0.25, 0.3) is 0 Å². The molecule has 0 unspecified atom stereocenters. The molecular weight excluding hydrogens is 174 g/mol. The predicted octanol–water partition coefficient (Wildman–Crippen LogP) is 2.90. The number of hydrogen-bond acceptors (Lipinski definition) is 2. The SMILES string of the molecule is C[C@H]1C2=CCCC[C@@H]2ON1C(C)(C)C. The van der Waals surface area contributed by atoms with Gasteiger partial charge in [0.05, 0.1) is 6.04 Å². The lowest BCUT2D eigenvalue weighted by atomic mass is 9.92. The van der Waals surface area contributed by atoms with Crippen LogP contribution in [0.1, 0.15) is 47.0 Å². The van der Waals surface area contributed by atoms with Gasteiger partial charge in [0, 0.05) is 5.54 Å². The van der Waals surface area contributed by atoms with Gasteiger partial charge in [-0.2, -0.15) is 5.06 Å². The summed E-state index contributed by atoms with van der Waals surface area (Å²) in [5.41, 5.74) is 1.61. The largest absolute Gasteiger partial charge is 0.290 e. The van der Waals surface area contributed by atoms with Crippen LogP contribution in [0, 0.1) is 0 Å². The fraction of sp³-hybridized carbons (Fsp3) is 0.833. The first-order valence-corrected chi connectivity index (χ1v) is 5.66. The Kier molecular flexibility index (Phi) is 2.44. The molecule has 0 aromatic rings. The van der Waals surface area contributed by atoms with Gasteiger partial charge in [-0.05, 0) is 52.5 Å². The van der Waals surface area contributed by atoms with Crippen LogP contribution in [0.15, 0.2) is 11.6 Å². The van der Waals surface area contributed by atoms with Crippen LogP contribution in [0.2, 0.25) is 0 Å². The van der Waals surface area contributed by atoms with Gasteiger partial charge in [-0.3, -0.25) is 4.84 Å². The van der Waals surface area contributed by atoms with Crippen molar-refractivity contribution in [1.29, 1.82) is 0 Å². The topological polar surface area (TPSA) is 12.5 Å². The fourth-order valence-electron chi connectivity index (χ4n) is 2.53. The number of hydroxylamine groups is 2. The molecule has 0 bridgehead atoms. The van der Waals surface area contributed by atoms with Crippen molar-refractivity contribution in [2.45, 2.75) is 64.6 Å². The minimum atomic E-state index is 0.109. The Bertz CT molecular complexity index is 252. The molecule has 0 aromatic heterocycles.